The molecule has 0 radical (unpaired) electrons. The van der Waals surface area contributed by atoms with Crippen LogP contribution >= 0.6 is 0 Å². The second-order valence-electron chi connectivity index (χ2n) is 6.06. The van der Waals surface area contributed by atoms with Crippen molar-refractivity contribution in [3.63, 3.8) is 0 Å². The van der Waals surface area contributed by atoms with Crippen molar-refractivity contribution in [2.45, 2.75) is 26.8 Å². The number of para-hydroxylation sites is 1. The fourth-order valence-corrected chi connectivity index (χ4v) is 2.19. The van der Waals surface area contributed by atoms with Gasteiger partial charge in [-0.3, -0.25) is 0 Å². The molecule has 0 saturated carbocycles. The molecule has 1 amide bonds. The summed E-state index contributed by atoms with van der Waals surface area (Å²) in [4.78, 5) is 12.1. The van der Waals surface area contributed by atoms with Gasteiger partial charge in [0.25, 0.3) is 0 Å². The summed E-state index contributed by atoms with van der Waals surface area (Å²) in [6.45, 7) is 6.27. The van der Waals surface area contributed by atoms with Gasteiger partial charge in [0.2, 0.25) is 0 Å². The number of carbonyl (C=O) groups is 1. The Balaban J connectivity index is 2.11. The molecule has 0 aliphatic heterocycles. The lowest BCUT2D eigenvalue weighted by Gasteiger charge is -2.31. The maximum absolute atomic E-state index is 12.1. The highest BCUT2D eigenvalue weighted by Crippen LogP contribution is 2.32. The summed E-state index contributed by atoms with van der Waals surface area (Å²) >= 11 is 0. The molecular formula is C18H21NO2. The third-order valence-corrected chi connectivity index (χ3v) is 3.21. The molecule has 0 aliphatic rings. The number of benzene rings is 2. The fraction of sp³-hybridized carbons (Fsp3) is 0.278. The van der Waals surface area contributed by atoms with E-state index in [9.17, 15) is 4.79 Å². The average molecular weight is 283 g/mol. The van der Waals surface area contributed by atoms with E-state index in [1.807, 2.05) is 48.5 Å². The summed E-state index contributed by atoms with van der Waals surface area (Å²) < 4.78 is 5.31. The van der Waals surface area contributed by atoms with Crippen molar-refractivity contribution in [1.29, 1.82) is 0 Å². The van der Waals surface area contributed by atoms with Gasteiger partial charge < -0.3 is 10.1 Å². The van der Waals surface area contributed by atoms with Crippen molar-refractivity contribution < 1.29 is 9.53 Å². The van der Waals surface area contributed by atoms with E-state index in [0.717, 1.165) is 5.56 Å². The van der Waals surface area contributed by atoms with Gasteiger partial charge in [0.05, 0.1) is 6.04 Å². The predicted molar refractivity (Wildman–Crippen MR) is 84.2 cm³/mol. The topological polar surface area (TPSA) is 38.3 Å². The van der Waals surface area contributed by atoms with Crippen molar-refractivity contribution in [1.82, 2.24) is 5.32 Å². The largest absolute Gasteiger partial charge is 0.413 e. The zero-order chi connectivity index (χ0) is 15.3. The summed E-state index contributed by atoms with van der Waals surface area (Å²) in [7, 11) is 0. The second kappa shape index (κ2) is 6.44. The molecule has 0 heterocycles. The van der Waals surface area contributed by atoms with Crippen molar-refractivity contribution in [3.05, 3.63) is 66.2 Å². The van der Waals surface area contributed by atoms with Crippen LogP contribution in [0.4, 0.5) is 4.79 Å². The van der Waals surface area contributed by atoms with Crippen LogP contribution in [0.15, 0.2) is 60.7 Å². The summed E-state index contributed by atoms with van der Waals surface area (Å²) in [5.74, 6) is 0.538. The lowest BCUT2D eigenvalue weighted by molar-refractivity contribution is 0.180. The van der Waals surface area contributed by atoms with Crippen LogP contribution in [-0.4, -0.2) is 6.09 Å². The minimum Gasteiger partial charge on any atom is -0.410 e. The van der Waals surface area contributed by atoms with Gasteiger partial charge in [-0.1, -0.05) is 69.3 Å². The molecule has 0 aromatic heterocycles. The molecule has 2 rings (SSSR count). The van der Waals surface area contributed by atoms with E-state index in [4.69, 9.17) is 4.74 Å². The number of rotatable bonds is 3. The Kier molecular flexibility index (Phi) is 4.63. The number of hydrogen-bond acceptors (Lipinski definition) is 2. The Morgan fingerprint density at radius 3 is 2.00 bits per heavy atom. The van der Waals surface area contributed by atoms with Crippen molar-refractivity contribution in [2.75, 3.05) is 0 Å². The highest BCUT2D eigenvalue weighted by molar-refractivity contribution is 5.71. The second-order valence-corrected chi connectivity index (χ2v) is 6.06. The molecule has 21 heavy (non-hydrogen) atoms. The Bertz CT molecular complexity index is 573. The normalized spacial score (nSPS) is 12.5. The highest BCUT2D eigenvalue weighted by atomic mass is 16.6. The molecule has 3 heteroatoms. The van der Waals surface area contributed by atoms with Gasteiger partial charge in [-0.05, 0) is 23.1 Å². The quantitative estimate of drug-likeness (QED) is 0.896. The van der Waals surface area contributed by atoms with Gasteiger partial charge in [-0.25, -0.2) is 4.79 Å². The number of ether oxygens (including phenoxy) is 1. The van der Waals surface area contributed by atoms with E-state index in [1.54, 1.807) is 12.1 Å². The molecule has 0 spiro atoms. The first-order valence-electron chi connectivity index (χ1n) is 7.05. The zero-order valence-corrected chi connectivity index (χ0v) is 12.7. The van der Waals surface area contributed by atoms with Crippen LogP contribution < -0.4 is 10.1 Å². The molecule has 110 valence electrons. The summed E-state index contributed by atoms with van der Waals surface area (Å²) in [6.07, 6.45) is -0.440. The SMILES string of the molecule is CC(C)(C)C(NC(=O)Oc1ccccc1)c1ccccc1. The molecule has 2 aromatic rings. The minimum atomic E-state index is -0.440. The smallest absolute Gasteiger partial charge is 0.410 e. The molecule has 0 bridgehead atoms. The highest BCUT2D eigenvalue weighted by Gasteiger charge is 2.28. The summed E-state index contributed by atoms with van der Waals surface area (Å²) in [6, 6.07) is 18.9. The first-order chi connectivity index (χ1) is 9.97. The van der Waals surface area contributed by atoms with Crippen LogP contribution in [0.5, 0.6) is 5.75 Å². The van der Waals surface area contributed by atoms with Gasteiger partial charge in [-0.15, -0.1) is 0 Å². The van der Waals surface area contributed by atoms with Crippen molar-refractivity contribution in [2.24, 2.45) is 5.41 Å². The fourth-order valence-electron chi connectivity index (χ4n) is 2.19. The van der Waals surface area contributed by atoms with Crippen LogP contribution in [0.3, 0.4) is 0 Å². The third-order valence-electron chi connectivity index (χ3n) is 3.21. The van der Waals surface area contributed by atoms with E-state index in [1.165, 1.54) is 0 Å². The number of carbonyl (C=O) groups excluding carboxylic acids is 1. The maximum atomic E-state index is 12.1. The van der Waals surface area contributed by atoms with E-state index in [-0.39, 0.29) is 11.5 Å². The lowest BCUT2D eigenvalue weighted by Crippen LogP contribution is -2.38. The standard InChI is InChI=1S/C18H21NO2/c1-18(2,3)16(14-10-6-4-7-11-14)19-17(20)21-15-12-8-5-9-13-15/h4-13,16H,1-3H3,(H,19,20). The van der Waals surface area contributed by atoms with Gasteiger partial charge in [-0.2, -0.15) is 0 Å². The van der Waals surface area contributed by atoms with Crippen molar-refractivity contribution >= 4 is 6.09 Å². The van der Waals surface area contributed by atoms with Crippen LogP contribution in [-0.2, 0) is 0 Å². The van der Waals surface area contributed by atoms with Crippen molar-refractivity contribution in [3.8, 4) is 5.75 Å². The first-order valence-corrected chi connectivity index (χ1v) is 7.05. The van der Waals surface area contributed by atoms with E-state index < -0.39 is 6.09 Å². The van der Waals surface area contributed by atoms with Gasteiger partial charge >= 0.3 is 6.09 Å². The average Bonchev–Trinajstić information content (AvgIpc) is 2.45. The number of amides is 1. The summed E-state index contributed by atoms with van der Waals surface area (Å²) in [5, 5.41) is 2.96. The maximum Gasteiger partial charge on any atom is 0.413 e. The third kappa shape index (κ3) is 4.35. The van der Waals surface area contributed by atoms with Crippen LogP contribution in [0.2, 0.25) is 0 Å². The molecule has 0 aliphatic carbocycles. The molecule has 0 fully saturated rings. The first kappa shape index (κ1) is 15.1. The van der Waals surface area contributed by atoms with Gasteiger partial charge in [0, 0.05) is 0 Å². The molecule has 1 atom stereocenters. The molecule has 1 unspecified atom stereocenters. The lowest BCUT2D eigenvalue weighted by atomic mass is 9.82. The van der Waals surface area contributed by atoms with Crippen LogP contribution in [0, 0.1) is 5.41 Å². The van der Waals surface area contributed by atoms with Crippen LogP contribution in [0.1, 0.15) is 32.4 Å². The van der Waals surface area contributed by atoms with Crippen LogP contribution in [0.25, 0.3) is 0 Å². The molecule has 3 nitrogen and oxygen atoms in total. The minimum absolute atomic E-state index is 0.114. The van der Waals surface area contributed by atoms with E-state index in [0.29, 0.717) is 5.75 Å². The van der Waals surface area contributed by atoms with Gasteiger partial charge in [0.15, 0.2) is 0 Å². The van der Waals surface area contributed by atoms with E-state index in [2.05, 4.69) is 26.1 Å². The monoisotopic (exact) mass is 283 g/mol. The molecule has 0 saturated heterocycles. The molecular weight excluding hydrogens is 262 g/mol. The van der Waals surface area contributed by atoms with Gasteiger partial charge in [0.1, 0.15) is 5.75 Å². The molecule has 2 aromatic carbocycles. The Hall–Kier alpha value is -2.29. The number of hydrogen-bond donors (Lipinski definition) is 1. The zero-order valence-electron chi connectivity index (χ0n) is 12.7. The number of nitrogens with one attached hydrogen (secondary N) is 1. The summed E-state index contributed by atoms with van der Waals surface area (Å²) in [5.41, 5.74) is 0.951. The Morgan fingerprint density at radius 2 is 1.48 bits per heavy atom. The predicted octanol–water partition coefficient (Wildman–Crippen LogP) is 4.56. The Labute approximate surface area is 126 Å². The van der Waals surface area contributed by atoms with E-state index >= 15 is 0 Å². The Morgan fingerprint density at radius 1 is 0.952 bits per heavy atom. The molecule has 1 N–H and O–H groups in total.